The molecular formula is C18H12N2S. The molecule has 5 rings (SSSR count). The third kappa shape index (κ3) is 1.49. The second-order valence-corrected chi connectivity index (χ2v) is 6.32. The zero-order valence-corrected chi connectivity index (χ0v) is 12.1. The number of nitrogens with zero attached hydrogens (tertiary/aromatic N) is 2. The van der Waals surface area contributed by atoms with Crippen LogP contribution >= 0.6 is 11.3 Å². The minimum Gasteiger partial charge on any atom is -0.318 e. The number of fused-ring (bicyclic) bond motifs is 2. The second-order valence-electron chi connectivity index (χ2n) is 5.32. The van der Waals surface area contributed by atoms with Crippen LogP contribution in [0.1, 0.15) is 4.88 Å². The van der Waals surface area contributed by atoms with Gasteiger partial charge >= 0.3 is 0 Å². The quantitative estimate of drug-likeness (QED) is 0.433. The Morgan fingerprint density at radius 1 is 0.905 bits per heavy atom. The second kappa shape index (κ2) is 4.06. The van der Waals surface area contributed by atoms with Gasteiger partial charge in [-0.15, -0.1) is 11.3 Å². The van der Waals surface area contributed by atoms with Crippen LogP contribution in [0.5, 0.6) is 0 Å². The van der Waals surface area contributed by atoms with Gasteiger partial charge in [-0.2, -0.15) is 0 Å². The van der Waals surface area contributed by atoms with Gasteiger partial charge < -0.3 is 4.57 Å². The first-order valence-electron chi connectivity index (χ1n) is 7.03. The van der Waals surface area contributed by atoms with E-state index < -0.39 is 0 Å². The topological polar surface area (TPSA) is 17.8 Å². The van der Waals surface area contributed by atoms with Gasteiger partial charge in [-0.1, -0.05) is 42.5 Å². The summed E-state index contributed by atoms with van der Waals surface area (Å²) in [5.41, 5.74) is 6.22. The molecule has 0 radical (unpaired) electrons. The molecule has 2 aromatic heterocycles. The SMILES string of the molecule is c1ccc(-c2nc3cccc4c3n2Cc2sccc2-4)cc1. The van der Waals surface area contributed by atoms with E-state index >= 15 is 0 Å². The van der Waals surface area contributed by atoms with Crippen molar-refractivity contribution in [1.82, 2.24) is 9.55 Å². The normalized spacial score (nSPS) is 12.6. The van der Waals surface area contributed by atoms with Crippen molar-refractivity contribution in [1.29, 1.82) is 0 Å². The molecule has 0 N–H and O–H groups in total. The van der Waals surface area contributed by atoms with Crippen LogP contribution in [0.2, 0.25) is 0 Å². The maximum atomic E-state index is 4.88. The maximum Gasteiger partial charge on any atom is 0.141 e. The van der Waals surface area contributed by atoms with E-state index in [1.54, 1.807) is 0 Å². The van der Waals surface area contributed by atoms with Crippen LogP contribution in [0, 0.1) is 0 Å². The highest BCUT2D eigenvalue weighted by molar-refractivity contribution is 7.10. The Labute approximate surface area is 126 Å². The highest BCUT2D eigenvalue weighted by Crippen LogP contribution is 2.40. The van der Waals surface area contributed by atoms with Crippen LogP contribution in [0.4, 0.5) is 0 Å². The average molecular weight is 288 g/mol. The van der Waals surface area contributed by atoms with Gasteiger partial charge in [0, 0.05) is 16.0 Å². The predicted octanol–water partition coefficient (Wildman–Crippen LogP) is 4.79. The van der Waals surface area contributed by atoms with Crippen molar-refractivity contribution < 1.29 is 0 Å². The molecule has 3 heteroatoms. The van der Waals surface area contributed by atoms with Gasteiger partial charge in [-0.25, -0.2) is 4.98 Å². The molecule has 0 spiro atoms. The van der Waals surface area contributed by atoms with Gasteiger partial charge in [0.25, 0.3) is 0 Å². The Morgan fingerprint density at radius 3 is 2.71 bits per heavy atom. The van der Waals surface area contributed by atoms with Gasteiger partial charge in [0.2, 0.25) is 0 Å². The van der Waals surface area contributed by atoms with E-state index in [1.165, 1.54) is 27.1 Å². The Bertz CT molecular complexity index is 963. The Kier molecular flexibility index (Phi) is 2.18. The van der Waals surface area contributed by atoms with E-state index in [2.05, 4.69) is 58.5 Å². The van der Waals surface area contributed by atoms with E-state index in [-0.39, 0.29) is 0 Å². The van der Waals surface area contributed by atoms with Crippen molar-refractivity contribution in [3.63, 3.8) is 0 Å². The van der Waals surface area contributed by atoms with E-state index in [0.717, 1.165) is 17.9 Å². The number of para-hydroxylation sites is 1. The molecule has 2 aromatic carbocycles. The molecule has 1 aliphatic heterocycles. The van der Waals surface area contributed by atoms with Crippen molar-refractivity contribution in [2.24, 2.45) is 0 Å². The fourth-order valence-electron chi connectivity index (χ4n) is 3.21. The van der Waals surface area contributed by atoms with Gasteiger partial charge in [-0.05, 0) is 23.1 Å². The molecule has 0 amide bonds. The molecule has 0 saturated carbocycles. The average Bonchev–Trinajstić information content (AvgIpc) is 3.15. The summed E-state index contributed by atoms with van der Waals surface area (Å²) in [7, 11) is 0. The van der Waals surface area contributed by atoms with Crippen molar-refractivity contribution in [3.8, 4) is 22.5 Å². The van der Waals surface area contributed by atoms with Gasteiger partial charge in [0.1, 0.15) is 5.82 Å². The first-order valence-corrected chi connectivity index (χ1v) is 7.91. The van der Waals surface area contributed by atoms with Crippen molar-refractivity contribution in [3.05, 3.63) is 64.9 Å². The van der Waals surface area contributed by atoms with Crippen molar-refractivity contribution in [2.45, 2.75) is 6.54 Å². The Morgan fingerprint density at radius 2 is 1.81 bits per heavy atom. The fourth-order valence-corrected chi connectivity index (χ4v) is 4.09. The summed E-state index contributed by atoms with van der Waals surface area (Å²) in [6.45, 7) is 0.921. The monoisotopic (exact) mass is 288 g/mol. The molecule has 100 valence electrons. The fraction of sp³-hybridized carbons (Fsp3) is 0.0556. The molecule has 0 bridgehead atoms. The zero-order valence-electron chi connectivity index (χ0n) is 11.3. The smallest absolute Gasteiger partial charge is 0.141 e. The number of hydrogen-bond donors (Lipinski definition) is 0. The summed E-state index contributed by atoms with van der Waals surface area (Å²) >= 11 is 1.83. The Hall–Kier alpha value is -2.39. The number of hydrogen-bond acceptors (Lipinski definition) is 2. The molecule has 4 aromatic rings. The Balaban J connectivity index is 1.90. The molecule has 0 unspecified atom stereocenters. The van der Waals surface area contributed by atoms with Crippen molar-refractivity contribution in [2.75, 3.05) is 0 Å². The van der Waals surface area contributed by atoms with Crippen LogP contribution in [0.15, 0.2) is 60.0 Å². The third-order valence-electron chi connectivity index (χ3n) is 4.14. The molecule has 3 heterocycles. The van der Waals surface area contributed by atoms with E-state index in [9.17, 15) is 0 Å². The van der Waals surface area contributed by atoms with E-state index in [4.69, 9.17) is 4.98 Å². The van der Waals surface area contributed by atoms with E-state index in [1.807, 2.05) is 17.4 Å². The lowest BCUT2D eigenvalue weighted by molar-refractivity contribution is 0.842. The maximum absolute atomic E-state index is 4.88. The van der Waals surface area contributed by atoms with Crippen LogP contribution in [-0.2, 0) is 6.54 Å². The number of benzene rings is 2. The number of thiophene rings is 1. The number of aromatic nitrogens is 2. The minimum atomic E-state index is 0.921. The lowest BCUT2D eigenvalue weighted by Crippen LogP contribution is -2.06. The highest BCUT2D eigenvalue weighted by Gasteiger charge is 2.23. The molecule has 0 atom stereocenters. The molecular weight excluding hydrogens is 276 g/mol. The number of imidazole rings is 1. The first kappa shape index (κ1) is 11.3. The summed E-state index contributed by atoms with van der Waals surface area (Å²) < 4.78 is 2.36. The molecule has 2 nitrogen and oxygen atoms in total. The van der Waals surface area contributed by atoms with Gasteiger partial charge in [0.05, 0.1) is 17.6 Å². The lowest BCUT2D eigenvalue weighted by Gasteiger charge is -2.17. The molecule has 0 saturated heterocycles. The van der Waals surface area contributed by atoms with E-state index in [0.29, 0.717) is 0 Å². The lowest BCUT2D eigenvalue weighted by atomic mass is 10.0. The largest absolute Gasteiger partial charge is 0.318 e. The summed E-state index contributed by atoms with van der Waals surface area (Å²) in [6, 6.07) is 19.1. The molecule has 0 fully saturated rings. The predicted molar refractivity (Wildman–Crippen MR) is 87.6 cm³/mol. The first-order chi connectivity index (χ1) is 10.4. The van der Waals surface area contributed by atoms with Gasteiger partial charge in [-0.3, -0.25) is 0 Å². The van der Waals surface area contributed by atoms with Crippen LogP contribution in [-0.4, -0.2) is 9.55 Å². The zero-order chi connectivity index (χ0) is 13.8. The van der Waals surface area contributed by atoms with Crippen LogP contribution in [0.3, 0.4) is 0 Å². The summed E-state index contributed by atoms with van der Waals surface area (Å²) in [5.74, 6) is 1.07. The molecule has 1 aliphatic rings. The standard InChI is InChI=1S/C18H12N2S/c1-2-5-12(6-3-1)18-19-15-8-4-7-14-13-9-10-21-16(13)11-20(18)17(14)15/h1-10H,11H2. The molecule has 21 heavy (non-hydrogen) atoms. The summed E-state index contributed by atoms with van der Waals surface area (Å²) in [6.07, 6.45) is 0. The summed E-state index contributed by atoms with van der Waals surface area (Å²) in [4.78, 5) is 6.31. The van der Waals surface area contributed by atoms with Crippen molar-refractivity contribution >= 4 is 22.4 Å². The minimum absolute atomic E-state index is 0.921. The third-order valence-corrected chi connectivity index (χ3v) is 5.04. The van der Waals surface area contributed by atoms with Gasteiger partial charge in [0.15, 0.2) is 0 Å². The summed E-state index contributed by atoms with van der Waals surface area (Å²) in [5, 5.41) is 2.19. The van der Waals surface area contributed by atoms with Crippen LogP contribution in [0.25, 0.3) is 33.5 Å². The highest BCUT2D eigenvalue weighted by atomic mass is 32.1. The number of rotatable bonds is 1. The van der Waals surface area contributed by atoms with Crippen LogP contribution < -0.4 is 0 Å². The molecule has 0 aliphatic carbocycles.